The lowest BCUT2D eigenvalue weighted by Gasteiger charge is -2.09. The summed E-state index contributed by atoms with van der Waals surface area (Å²) in [6, 6.07) is 3.93. The molecule has 0 aliphatic carbocycles. The number of benzene rings is 1. The van der Waals surface area contributed by atoms with Crippen molar-refractivity contribution in [2.24, 2.45) is 0 Å². The molecule has 1 rings (SSSR count). The van der Waals surface area contributed by atoms with Crippen molar-refractivity contribution >= 4 is 21.7 Å². The summed E-state index contributed by atoms with van der Waals surface area (Å²) in [4.78, 5) is 10.9. The van der Waals surface area contributed by atoms with Crippen LogP contribution < -0.4 is 10.0 Å². The normalized spacial score (nSPS) is 11.2. The first kappa shape index (κ1) is 13.5. The first-order valence-corrected chi connectivity index (χ1v) is 6.45. The molecule has 0 aliphatic rings. The predicted molar refractivity (Wildman–Crippen MR) is 63.8 cm³/mol. The number of aromatic carboxylic acids is 1. The van der Waals surface area contributed by atoms with Gasteiger partial charge in [0.1, 0.15) is 0 Å². The minimum Gasteiger partial charge on any atom is -0.478 e. The second-order valence-electron chi connectivity index (χ2n) is 3.25. The molecule has 0 saturated heterocycles. The molecule has 0 heterocycles. The van der Waals surface area contributed by atoms with Crippen LogP contribution in [0.4, 0.5) is 5.69 Å². The van der Waals surface area contributed by atoms with E-state index in [9.17, 15) is 13.2 Å². The highest BCUT2D eigenvalue weighted by Gasteiger charge is 2.17. The van der Waals surface area contributed by atoms with Crippen molar-refractivity contribution in [3.8, 4) is 0 Å². The van der Waals surface area contributed by atoms with Crippen LogP contribution in [0.2, 0.25) is 0 Å². The van der Waals surface area contributed by atoms with Crippen molar-refractivity contribution in [3.05, 3.63) is 23.8 Å². The second kappa shape index (κ2) is 5.15. The van der Waals surface area contributed by atoms with E-state index >= 15 is 0 Å². The summed E-state index contributed by atoms with van der Waals surface area (Å²) in [6.07, 6.45) is 0. The van der Waals surface area contributed by atoms with Crippen LogP contribution in [-0.2, 0) is 10.0 Å². The van der Waals surface area contributed by atoms with Crippen molar-refractivity contribution in [2.45, 2.75) is 11.8 Å². The van der Waals surface area contributed by atoms with E-state index < -0.39 is 16.0 Å². The van der Waals surface area contributed by atoms with Gasteiger partial charge in [-0.3, -0.25) is 0 Å². The number of hydrogen-bond acceptors (Lipinski definition) is 4. The highest BCUT2D eigenvalue weighted by atomic mass is 32.2. The van der Waals surface area contributed by atoms with Crippen LogP contribution in [0.1, 0.15) is 17.3 Å². The second-order valence-corrected chi connectivity index (χ2v) is 5.14. The molecule has 0 atom stereocenters. The van der Waals surface area contributed by atoms with Crippen molar-refractivity contribution in [1.82, 2.24) is 4.72 Å². The third kappa shape index (κ3) is 2.95. The van der Waals surface area contributed by atoms with Gasteiger partial charge >= 0.3 is 5.97 Å². The number of hydrogen-bond donors (Lipinski definition) is 3. The molecule has 3 N–H and O–H groups in total. The molecule has 17 heavy (non-hydrogen) atoms. The Balaban J connectivity index is 3.33. The van der Waals surface area contributed by atoms with Crippen molar-refractivity contribution < 1.29 is 18.3 Å². The van der Waals surface area contributed by atoms with Crippen LogP contribution in [-0.4, -0.2) is 33.1 Å². The van der Waals surface area contributed by atoms with Gasteiger partial charge in [0.2, 0.25) is 10.0 Å². The van der Waals surface area contributed by atoms with Crippen LogP contribution in [0.15, 0.2) is 23.1 Å². The van der Waals surface area contributed by atoms with Gasteiger partial charge in [-0.15, -0.1) is 0 Å². The fraction of sp³-hybridized carbons (Fsp3) is 0.300. The lowest BCUT2D eigenvalue weighted by Crippen LogP contribution is -2.19. The lowest BCUT2D eigenvalue weighted by molar-refractivity contribution is 0.0697. The highest BCUT2D eigenvalue weighted by molar-refractivity contribution is 7.89. The van der Waals surface area contributed by atoms with Gasteiger partial charge in [0.25, 0.3) is 0 Å². The molecule has 0 fully saturated rings. The predicted octanol–water partition coefficient (Wildman–Crippen LogP) is 0.725. The lowest BCUT2D eigenvalue weighted by atomic mass is 10.2. The number of sulfonamides is 1. The van der Waals surface area contributed by atoms with Crippen molar-refractivity contribution in [3.63, 3.8) is 0 Å². The summed E-state index contributed by atoms with van der Waals surface area (Å²) in [5.74, 6) is -1.17. The molecule has 0 saturated carbocycles. The molecule has 1 aromatic carbocycles. The van der Waals surface area contributed by atoms with Gasteiger partial charge in [0, 0.05) is 12.2 Å². The van der Waals surface area contributed by atoms with Crippen LogP contribution in [0.5, 0.6) is 0 Å². The van der Waals surface area contributed by atoms with Gasteiger partial charge in [-0.25, -0.2) is 17.9 Å². The molecule has 0 aromatic heterocycles. The molecule has 0 amide bonds. The standard InChI is InChI=1S/C10H14N2O4S/c1-3-12-9-5-4-7(17(15,16)11-2)6-8(9)10(13)14/h4-6,11-12H,3H2,1-2H3,(H,13,14). The number of carboxylic acid groups (broad SMARTS) is 1. The molecule has 0 bridgehead atoms. The Kier molecular flexibility index (Phi) is 4.08. The van der Waals surface area contributed by atoms with Crippen LogP contribution >= 0.6 is 0 Å². The van der Waals surface area contributed by atoms with Crippen LogP contribution in [0.3, 0.4) is 0 Å². The van der Waals surface area contributed by atoms with Gasteiger partial charge in [-0.1, -0.05) is 0 Å². The van der Waals surface area contributed by atoms with E-state index in [1.54, 1.807) is 0 Å². The molecule has 6 nitrogen and oxygen atoms in total. The maximum absolute atomic E-state index is 11.5. The van der Waals surface area contributed by atoms with E-state index in [-0.39, 0.29) is 10.5 Å². The Morgan fingerprint density at radius 2 is 2.06 bits per heavy atom. The maximum atomic E-state index is 11.5. The van der Waals surface area contributed by atoms with Crippen LogP contribution in [0, 0.1) is 0 Å². The van der Waals surface area contributed by atoms with E-state index in [4.69, 9.17) is 5.11 Å². The minimum atomic E-state index is -3.63. The molecule has 1 aromatic rings. The van der Waals surface area contributed by atoms with E-state index in [1.165, 1.54) is 19.2 Å². The molecule has 0 spiro atoms. The minimum absolute atomic E-state index is 0.0665. The smallest absolute Gasteiger partial charge is 0.337 e. The van der Waals surface area contributed by atoms with Crippen molar-refractivity contribution in [2.75, 3.05) is 18.9 Å². The monoisotopic (exact) mass is 258 g/mol. The summed E-state index contributed by atoms with van der Waals surface area (Å²) >= 11 is 0. The van der Waals surface area contributed by atoms with Crippen molar-refractivity contribution in [1.29, 1.82) is 0 Å². The first-order chi connectivity index (χ1) is 7.92. The zero-order valence-corrected chi connectivity index (χ0v) is 10.3. The van der Waals surface area contributed by atoms with E-state index in [0.29, 0.717) is 12.2 Å². The van der Waals surface area contributed by atoms with E-state index in [0.717, 1.165) is 6.07 Å². The fourth-order valence-corrected chi connectivity index (χ4v) is 2.09. The quantitative estimate of drug-likeness (QED) is 0.723. The summed E-state index contributed by atoms with van der Waals surface area (Å²) < 4.78 is 25.2. The van der Waals surface area contributed by atoms with E-state index in [1.807, 2.05) is 6.92 Å². The van der Waals surface area contributed by atoms with Gasteiger partial charge < -0.3 is 10.4 Å². The summed E-state index contributed by atoms with van der Waals surface area (Å²) in [7, 11) is -2.36. The molecule has 0 radical (unpaired) electrons. The number of carboxylic acids is 1. The average Bonchev–Trinajstić information content (AvgIpc) is 2.29. The van der Waals surface area contributed by atoms with Crippen LogP contribution in [0.25, 0.3) is 0 Å². The van der Waals surface area contributed by atoms with Gasteiger partial charge in [0.05, 0.1) is 10.5 Å². The molecule has 0 aliphatic heterocycles. The SMILES string of the molecule is CCNc1ccc(S(=O)(=O)NC)cc1C(=O)O. The Morgan fingerprint density at radius 3 is 2.53 bits per heavy atom. The summed E-state index contributed by atoms with van der Waals surface area (Å²) in [5, 5.41) is 11.9. The number of nitrogens with one attached hydrogen (secondary N) is 2. The third-order valence-corrected chi connectivity index (χ3v) is 3.58. The number of rotatable bonds is 5. The Morgan fingerprint density at radius 1 is 1.41 bits per heavy atom. The third-order valence-electron chi connectivity index (χ3n) is 2.17. The van der Waals surface area contributed by atoms with Gasteiger partial charge in [-0.2, -0.15) is 0 Å². The van der Waals surface area contributed by atoms with Gasteiger partial charge in [-0.05, 0) is 32.2 Å². The Labute approximate surface area is 99.7 Å². The number of anilines is 1. The zero-order valence-electron chi connectivity index (χ0n) is 9.52. The fourth-order valence-electron chi connectivity index (χ4n) is 1.33. The summed E-state index contributed by atoms with van der Waals surface area (Å²) in [5.41, 5.74) is 0.332. The summed E-state index contributed by atoms with van der Waals surface area (Å²) in [6.45, 7) is 2.38. The molecule has 0 unspecified atom stereocenters. The first-order valence-electron chi connectivity index (χ1n) is 4.97. The average molecular weight is 258 g/mol. The molecule has 7 heteroatoms. The van der Waals surface area contributed by atoms with E-state index in [2.05, 4.69) is 10.0 Å². The highest BCUT2D eigenvalue weighted by Crippen LogP contribution is 2.20. The topological polar surface area (TPSA) is 95.5 Å². The molecule has 94 valence electrons. The molecular formula is C10H14N2O4S. The Hall–Kier alpha value is -1.60. The maximum Gasteiger partial charge on any atom is 0.337 e. The Bertz CT molecular complexity index is 525. The molecular weight excluding hydrogens is 244 g/mol. The number of carbonyl (C=O) groups is 1. The van der Waals surface area contributed by atoms with Gasteiger partial charge in [0.15, 0.2) is 0 Å². The largest absolute Gasteiger partial charge is 0.478 e. The zero-order chi connectivity index (χ0) is 13.1.